The van der Waals surface area contributed by atoms with Crippen molar-refractivity contribution in [3.05, 3.63) is 25.3 Å². The molecule has 0 spiro atoms. The normalized spacial score (nSPS) is 11.6. The van der Waals surface area contributed by atoms with Gasteiger partial charge in [-0.3, -0.25) is 0 Å². The number of allylic oxidation sites excluding steroid dienone is 2. The van der Waals surface area contributed by atoms with E-state index in [1.807, 2.05) is 12.2 Å². The third kappa shape index (κ3) is 16.9. The predicted octanol–water partition coefficient (Wildman–Crippen LogP) is 8.38. The summed E-state index contributed by atoms with van der Waals surface area (Å²) in [5, 5.41) is 9.82. The van der Waals surface area contributed by atoms with E-state index in [4.69, 9.17) is 0 Å². The van der Waals surface area contributed by atoms with Gasteiger partial charge in [0.15, 0.2) is 0 Å². The first kappa shape index (κ1) is 25.4. The van der Waals surface area contributed by atoms with Crippen molar-refractivity contribution in [1.29, 1.82) is 0 Å². The largest absolute Gasteiger partial charge is 0.396 e. The molecule has 0 fully saturated rings. The van der Waals surface area contributed by atoms with Crippen LogP contribution in [-0.2, 0) is 0 Å². The van der Waals surface area contributed by atoms with Gasteiger partial charge < -0.3 is 5.11 Å². The Labute approximate surface area is 165 Å². The van der Waals surface area contributed by atoms with Crippen molar-refractivity contribution in [2.75, 3.05) is 6.61 Å². The minimum absolute atomic E-state index is 0.161. The molecule has 154 valence electrons. The number of aliphatic hydroxyl groups is 1. The number of unbranched alkanes of at least 4 members (excludes halogenated alkanes) is 14. The van der Waals surface area contributed by atoms with E-state index in [9.17, 15) is 5.11 Å². The molecule has 0 bridgehead atoms. The highest BCUT2D eigenvalue weighted by Gasteiger charge is 2.21. The van der Waals surface area contributed by atoms with Gasteiger partial charge in [-0.05, 0) is 43.9 Å². The van der Waals surface area contributed by atoms with Crippen LogP contribution in [0.15, 0.2) is 25.3 Å². The second-order valence-corrected chi connectivity index (χ2v) is 8.57. The fraction of sp³-hybridized carbons (Fsp3) is 0.840. The first-order valence-corrected chi connectivity index (χ1v) is 11.5. The lowest BCUT2D eigenvalue weighted by Crippen LogP contribution is -2.21. The first-order valence-electron chi connectivity index (χ1n) is 11.5. The second kappa shape index (κ2) is 19.2. The quantitative estimate of drug-likeness (QED) is 0.160. The summed E-state index contributed by atoms with van der Waals surface area (Å²) in [5.74, 6) is 0. The fourth-order valence-electron chi connectivity index (χ4n) is 3.73. The number of rotatable bonds is 21. The van der Waals surface area contributed by atoms with E-state index in [0.717, 1.165) is 0 Å². The van der Waals surface area contributed by atoms with E-state index in [2.05, 4.69) is 20.1 Å². The molecule has 0 heterocycles. The van der Waals surface area contributed by atoms with E-state index < -0.39 is 0 Å². The standard InChI is InChI=1S/C25H48O/c1-4-6-8-10-12-14-16-18-20-22-25(3,24-26)23-21-19-17-15-13-11-9-7-5-2/h4-5,26H,1-2,6-24H2,3H3. The van der Waals surface area contributed by atoms with Gasteiger partial charge in [-0.1, -0.05) is 96.1 Å². The molecule has 0 aromatic heterocycles. The average molecular weight is 365 g/mol. The van der Waals surface area contributed by atoms with Gasteiger partial charge in [0.1, 0.15) is 0 Å². The molecule has 0 unspecified atom stereocenters. The first-order chi connectivity index (χ1) is 12.7. The second-order valence-electron chi connectivity index (χ2n) is 8.57. The van der Waals surface area contributed by atoms with Crippen LogP contribution in [-0.4, -0.2) is 11.7 Å². The maximum atomic E-state index is 9.82. The molecule has 0 aliphatic rings. The molecule has 0 radical (unpaired) electrons. The van der Waals surface area contributed by atoms with Crippen LogP contribution in [0.2, 0.25) is 0 Å². The molecule has 0 aromatic rings. The Balaban J connectivity index is 3.52. The van der Waals surface area contributed by atoms with E-state index >= 15 is 0 Å². The van der Waals surface area contributed by atoms with Crippen LogP contribution in [0, 0.1) is 5.41 Å². The number of hydrogen-bond donors (Lipinski definition) is 1. The highest BCUT2D eigenvalue weighted by Crippen LogP contribution is 2.31. The lowest BCUT2D eigenvalue weighted by atomic mass is 9.80. The van der Waals surface area contributed by atoms with Crippen LogP contribution in [0.4, 0.5) is 0 Å². The molecule has 0 amide bonds. The Morgan fingerprint density at radius 2 is 0.885 bits per heavy atom. The average Bonchev–Trinajstić information content (AvgIpc) is 2.65. The van der Waals surface area contributed by atoms with Crippen molar-refractivity contribution in [3.8, 4) is 0 Å². The smallest absolute Gasteiger partial charge is 0.0484 e. The topological polar surface area (TPSA) is 20.2 Å². The van der Waals surface area contributed by atoms with Crippen molar-refractivity contribution in [3.63, 3.8) is 0 Å². The maximum Gasteiger partial charge on any atom is 0.0484 e. The van der Waals surface area contributed by atoms with Crippen LogP contribution >= 0.6 is 0 Å². The van der Waals surface area contributed by atoms with Gasteiger partial charge in [-0.2, -0.15) is 0 Å². The van der Waals surface area contributed by atoms with Crippen LogP contribution in [0.1, 0.15) is 122 Å². The van der Waals surface area contributed by atoms with Gasteiger partial charge in [0.05, 0.1) is 0 Å². The van der Waals surface area contributed by atoms with Crippen LogP contribution in [0.5, 0.6) is 0 Å². The highest BCUT2D eigenvalue weighted by atomic mass is 16.3. The van der Waals surface area contributed by atoms with Gasteiger partial charge in [-0.15, -0.1) is 13.2 Å². The van der Waals surface area contributed by atoms with Gasteiger partial charge in [0, 0.05) is 6.61 Å². The van der Waals surface area contributed by atoms with E-state index in [1.165, 1.54) is 116 Å². The Morgan fingerprint density at radius 1 is 0.577 bits per heavy atom. The summed E-state index contributed by atoms with van der Waals surface area (Å²) in [6, 6.07) is 0. The van der Waals surface area contributed by atoms with Crippen molar-refractivity contribution in [2.45, 2.75) is 122 Å². The Hall–Kier alpha value is -0.560. The summed E-state index contributed by atoms with van der Waals surface area (Å²) in [4.78, 5) is 0. The van der Waals surface area contributed by atoms with Gasteiger partial charge in [0.2, 0.25) is 0 Å². The molecule has 1 nitrogen and oxygen atoms in total. The molecule has 1 N–H and O–H groups in total. The third-order valence-electron chi connectivity index (χ3n) is 5.76. The SMILES string of the molecule is C=CCCCCCCCCCC(C)(CO)CCCCCCCCCC=C. The summed E-state index contributed by atoms with van der Waals surface area (Å²) in [6.45, 7) is 10.2. The van der Waals surface area contributed by atoms with E-state index in [1.54, 1.807) is 0 Å². The molecule has 26 heavy (non-hydrogen) atoms. The zero-order valence-corrected chi connectivity index (χ0v) is 18.0. The van der Waals surface area contributed by atoms with Crippen LogP contribution in [0.25, 0.3) is 0 Å². The van der Waals surface area contributed by atoms with E-state index in [0.29, 0.717) is 6.61 Å². The molecule has 0 saturated carbocycles. The van der Waals surface area contributed by atoms with Gasteiger partial charge >= 0.3 is 0 Å². The zero-order chi connectivity index (χ0) is 19.3. The number of aliphatic hydroxyl groups excluding tert-OH is 1. The Bertz CT molecular complexity index is 281. The lowest BCUT2D eigenvalue weighted by Gasteiger charge is -2.27. The van der Waals surface area contributed by atoms with Crippen molar-refractivity contribution < 1.29 is 5.11 Å². The van der Waals surface area contributed by atoms with Gasteiger partial charge in [0.25, 0.3) is 0 Å². The molecule has 0 atom stereocenters. The summed E-state index contributed by atoms with van der Waals surface area (Å²) in [6.07, 6.45) is 27.6. The van der Waals surface area contributed by atoms with Crippen LogP contribution in [0.3, 0.4) is 0 Å². The molecule has 0 aliphatic carbocycles. The molecule has 0 aliphatic heterocycles. The van der Waals surface area contributed by atoms with Crippen molar-refractivity contribution in [2.24, 2.45) is 5.41 Å². The molecule has 0 aromatic carbocycles. The predicted molar refractivity (Wildman–Crippen MR) is 119 cm³/mol. The lowest BCUT2D eigenvalue weighted by molar-refractivity contribution is 0.116. The molecular weight excluding hydrogens is 316 g/mol. The molecular formula is C25H48O. The molecule has 0 saturated heterocycles. The summed E-state index contributed by atoms with van der Waals surface area (Å²) >= 11 is 0. The zero-order valence-electron chi connectivity index (χ0n) is 18.0. The monoisotopic (exact) mass is 364 g/mol. The summed E-state index contributed by atoms with van der Waals surface area (Å²) in [7, 11) is 0. The van der Waals surface area contributed by atoms with E-state index in [-0.39, 0.29) is 5.41 Å². The number of hydrogen-bond acceptors (Lipinski definition) is 1. The molecule has 1 heteroatoms. The highest BCUT2D eigenvalue weighted by molar-refractivity contribution is 4.73. The van der Waals surface area contributed by atoms with Gasteiger partial charge in [-0.25, -0.2) is 0 Å². The minimum atomic E-state index is 0.161. The van der Waals surface area contributed by atoms with Crippen LogP contribution < -0.4 is 0 Å². The summed E-state index contributed by atoms with van der Waals surface area (Å²) in [5.41, 5.74) is 0.161. The van der Waals surface area contributed by atoms with Crippen molar-refractivity contribution in [1.82, 2.24) is 0 Å². The Morgan fingerprint density at radius 3 is 1.19 bits per heavy atom. The van der Waals surface area contributed by atoms with Crippen molar-refractivity contribution >= 4 is 0 Å². The maximum absolute atomic E-state index is 9.82. The summed E-state index contributed by atoms with van der Waals surface area (Å²) < 4.78 is 0. The third-order valence-corrected chi connectivity index (χ3v) is 5.76. The molecule has 0 rings (SSSR count). The minimum Gasteiger partial charge on any atom is -0.396 e. The Kier molecular flexibility index (Phi) is 18.8. The fourth-order valence-corrected chi connectivity index (χ4v) is 3.73.